The van der Waals surface area contributed by atoms with Gasteiger partial charge in [-0.25, -0.2) is 4.98 Å². The van der Waals surface area contributed by atoms with Crippen molar-refractivity contribution in [3.8, 4) is 0 Å². The van der Waals surface area contributed by atoms with Crippen LogP contribution in [0.2, 0.25) is 0 Å². The molecular formula is C28H31F3N6S. The van der Waals surface area contributed by atoms with E-state index in [0.29, 0.717) is 32.7 Å². The number of piperazine rings is 1. The summed E-state index contributed by atoms with van der Waals surface area (Å²) in [6.45, 7) is 3.05. The molecule has 1 saturated heterocycles. The molecule has 0 amide bonds. The molecule has 3 aromatic rings. The van der Waals surface area contributed by atoms with Gasteiger partial charge in [-0.15, -0.1) is 0 Å². The van der Waals surface area contributed by atoms with Crippen LogP contribution in [0.4, 0.5) is 30.6 Å². The van der Waals surface area contributed by atoms with Crippen LogP contribution in [0.15, 0.2) is 66.7 Å². The minimum atomic E-state index is -4.60. The molecule has 1 aliphatic carbocycles. The number of nitrogens with one attached hydrogen (secondary N) is 2. The molecule has 2 N–H and O–H groups in total. The van der Waals surface area contributed by atoms with Crippen molar-refractivity contribution in [2.75, 3.05) is 47.8 Å². The molecule has 0 atom stereocenters. The number of alkyl halides is 3. The van der Waals surface area contributed by atoms with Crippen LogP contribution in [0, 0.1) is 0 Å². The molecule has 0 spiro atoms. The third-order valence-corrected chi connectivity index (χ3v) is 7.73. The van der Waals surface area contributed by atoms with Gasteiger partial charge in [-0.05, 0) is 42.8 Å². The Bertz CT molecular complexity index is 1220. The van der Waals surface area contributed by atoms with E-state index >= 15 is 0 Å². The van der Waals surface area contributed by atoms with Gasteiger partial charge in [0, 0.05) is 49.9 Å². The lowest BCUT2D eigenvalue weighted by Crippen LogP contribution is -2.47. The second-order valence-corrected chi connectivity index (χ2v) is 10.3. The highest BCUT2D eigenvalue weighted by Crippen LogP contribution is 2.40. The van der Waals surface area contributed by atoms with Crippen molar-refractivity contribution in [3.63, 3.8) is 0 Å². The number of anilines is 3. The molecule has 0 bridgehead atoms. The maximum atomic E-state index is 13.7. The molecule has 200 valence electrons. The van der Waals surface area contributed by atoms with Crippen LogP contribution in [0.25, 0.3) is 0 Å². The maximum Gasteiger partial charge on any atom is 0.433 e. The predicted octanol–water partition coefficient (Wildman–Crippen LogP) is 5.62. The first-order valence-electron chi connectivity index (χ1n) is 12.9. The first-order valence-corrected chi connectivity index (χ1v) is 13.3. The quantitative estimate of drug-likeness (QED) is 0.394. The van der Waals surface area contributed by atoms with Crippen molar-refractivity contribution in [1.29, 1.82) is 0 Å². The van der Waals surface area contributed by atoms with Crippen LogP contribution >= 0.6 is 12.2 Å². The number of aromatic nitrogens is 2. The molecule has 1 aromatic heterocycles. The largest absolute Gasteiger partial charge is 0.433 e. The van der Waals surface area contributed by atoms with E-state index in [1.807, 2.05) is 53.4 Å². The van der Waals surface area contributed by atoms with E-state index in [0.717, 1.165) is 37.4 Å². The van der Waals surface area contributed by atoms with Gasteiger partial charge >= 0.3 is 6.18 Å². The van der Waals surface area contributed by atoms with E-state index in [1.165, 1.54) is 5.56 Å². The lowest BCUT2D eigenvalue weighted by Gasteiger charge is -2.37. The van der Waals surface area contributed by atoms with E-state index in [9.17, 15) is 13.2 Å². The molecule has 6 nitrogen and oxygen atoms in total. The summed E-state index contributed by atoms with van der Waals surface area (Å²) in [6.07, 6.45) is -0.267. The van der Waals surface area contributed by atoms with Gasteiger partial charge in [0.15, 0.2) is 10.8 Å². The zero-order chi connectivity index (χ0) is 26.6. The lowest BCUT2D eigenvalue weighted by molar-refractivity contribution is -0.141. The van der Waals surface area contributed by atoms with Gasteiger partial charge in [0.05, 0.1) is 0 Å². The topological polar surface area (TPSA) is 56.3 Å². The van der Waals surface area contributed by atoms with E-state index in [-0.39, 0.29) is 22.3 Å². The fraction of sp³-hybridized carbons (Fsp3) is 0.393. The van der Waals surface area contributed by atoms with Gasteiger partial charge in [0.25, 0.3) is 0 Å². The van der Waals surface area contributed by atoms with Gasteiger partial charge in [0.2, 0.25) is 5.95 Å². The molecule has 2 aliphatic rings. The Morgan fingerprint density at radius 3 is 2.11 bits per heavy atom. The Balaban J connectivity index is 1.28. The Morgan fingerprint density at radius 1 is 0.868 bits per heavy atom. The standard InChI is InChI=1S/C28H31F3N6S/c29-28(30,31)23-19-24(37-17-15-36(16-18-37)22-11-5-2-6-12-22)34-25(33-23)35-26(38)32-20-27(13-7-8-14-27)21-9-3-1-4-10-21/h1-6,9-12,19H,7-8,13-18,20H2,(H2,32,33,34,35,38). The van der Waals surface area contributed by atoms with Crippen molar-refractivity contribution >= 4 is 34.8 Å². The molecular weight excluding hydrogens is 509 g/mol. The van der Waals surface area contributed by atoms with Crippen molar-refractivity contribution in [1.82, 2.24) is 15.3 Å². The smallest absolute Gasteiger partial charge is 0.368 e. The molecule has 38 heavy (non-hydrogen) atoms. The third kappa shape index (κ3) is 6.01. The summed E-state index contributed by atoms with van der Waals surface area (Å²) in [6, 6.07) is 21.3. The third-order valence-electron chi connectivity index (χ3n) is 7.49. The molecule has 10 heteroatoms. The first kappa shape index (κ1) is 26.2. The molecule has 2 aromatic carbocycles. The Kier molecular flexibility index (Phi) is 7.69. The minimum absolute atomic E-state index is 0.0503. The molecule has 1 aliphatic heterocycles. The SMILES string of the molecule is FC(F)(F)c1cc(N2CCN(c3ccccc3)CC2)nc(NC(=S)NCC2(c3ccccc3)CCCC2)n1. The van der Waals surface area contributed by atoms with Gasteiger partial charge < -0.3 is 20.4 Å². The first-order chi connectivity index (χ1) is 18.3. The second kappa shape index (κ2) is 11.1. The van der Waals surface area contributed by atoms with E-state index in [1.54, 1.807) is 0 Å². The van der Waals surface area contributed by atoms with Gasteiger partial charge in [-0.1, -0.05) is 61.4 Å². The molecule has 5 rings (SSSR count). The maximum absolute atomic E-state index is 13.7. The van der Waals surface area contributed by atoms with Gasteiger partial charge in [-0.3, -0.25) is 0 Å². The average molecular weight is 541 g/mol. The summed E-state index contributed by atoms with van der Waals surface area (Å²) in [5.74, 6) is 0.0832. The fourth-order valence-corrected chi connectivity index (χ4v) is 5.60. The minimum Gasteiger partial charge on any atom is -0.368 e. The van der Waals surface area contributed by atoms with Crippen molar-refractivity contribution < 1.29 is 13.2 Å². The van der Waals surface area contributed by atoms with Crippen LogP contribution in [0.3, 0.4) is 0 Å². The van der Waals surface area contributed by atoms with E-state index in [4.69, 9.17) is 12.2 Å². The number of para-hydroxylation sites is 1. The highest BCUT2D eigenvalue weighted by Gasteiger charge is 2.36. The Hall–Kier alpha value is -3.40. The summed E-state index contributed by atoms with van der Waals surface area (Å²) in [4.78, 5) is 12.2. The zero-order valence-corrected chi connectivity index (χ0v) is 21.9. The van der Waals surface area contributed by atoms with Crippen molar-refractivity contribution in [3.05, 3.63) is 78.0 Å². The average Bonchev–Trinajstić information content (AvgIpc) is 3.43. The molecule has 2 heterocycles. The van der Waals surface area contributed by atoms with E-state index < -0.39 is 11.9 Å². The van der Waals surface area contributed by atoms with Crippen LogP contribution in [-0.2, 0) is 11.6 Å². The summed E-state index contributed by atoms with van der Waals surface area (Å²) in [7, 11) is 0. The second-order valence-electron chi connectivity index (χ2n) is 9.90. The number of rotatable bonds is 6. The highest BCUT2D eigenvalue weighted by atomic mass is 32.1. The van der Waals surface area contributed by atoms with Gasteiger partial charge in [0.1, 0.15) is 5.82 Å². The number of nitrogens with zero attached hydrogens (tertiary/aromatic N) is 4. The van der Waals surface area contributed by atoms with Crippen LogP contribution in [-0.4, -0.2) is 47.8 Å². The zero-order valence-electron chi connectivity index (χ0n) is 21.0. The number of thiocarbonyl (C=S) groups is 1. The summed E-state index contributed by atoms with van der Waals surface area (Å²) < 4.78 is 41.2. The molecule has 2 fully saturated rings. The number of hydrogen-bond donors (Lipinski definition) is 2. The summed E-state index contributed by atoms with van der Waals surface area (Å²) >= 11 is 5.47. The lowest BCUT2D eigenvalue weighted by atomic mass is 9.79. The molecule has 0 radical (unpaired) electrons. The van der Waals surface area contributed by atoms with Crippen molar-refractivity contribution in [2.24, 2.45) is 0 Å². The number of benzene rings is 2. The summed E-state index contributed by atoms with van der Waals surface area (Å²) in [5.41, 5.74) is 1.31. The monoisotopic (exact) mass is 540 g/mol. The Morgan fingerprint density at radius 2 is 1.47 bits per heavy atom. The fourth-order valence-electron chi connectivity index (χ4n) is 5.44. The van der Waals surface area contributed by atoms with Crippen LogP contribution < -0.4 is 20.4 Å². The van der Waals surface area contributed by atoms with E-state index in [2.05, 4.69) is 37.6 Å². The predicted molar refractivity (Wildman–Crippen MR) is 149 cm³/mol. The number of hydrogen-bond acceptors (Lipinski definition) is 5. The molecule has 1 saturated carbocycles. The van der Waals surface area contributed by atoms with Crippen LogP contribution in [0.1, 0.15) is 36.9 Å². The van der Waals surface area contributed by atoms with Gasteiger partial charge in [-0.2, -0.15) is 18.2 Å². The molecule has 0 unspecified atom stereocenters. The highest BCUT2D eigenvalue weighted by molar-refractivity contribution is 7.80. The normalized spacial score (nSPS) is 17.3. The van der Waals surface area contributed by atoms with Crippen LogP contribution in [0.5, 0.6) is 0 Å². The van der Waals surface area contributed by atoms with Crippen molar-refractivity contribution in [2.45, 2.75) is 37.3 Å². The number of halogens is 3. The Labute approximate surface area is 226 Å². The summed E-state index contributed by atoms with van der Waals surface area (Å²) in [5, 5.41) is 6.27.